The zero-order chi connectivity index (χ0) is 22.3. The average Bonchev–Trinajstić information content (AvgIpc) is 2.96. The molecule has 32 heavy (non-hydrogen) atoms. The minimum absolute atomic E-state index is 0.287. The van der Waals surface area contributed by atoms with Crippen LogP contribution in [-0.4, -0.2) is 17.7 Å². The number of thiophene rings is 1. The van der Waals surface area contributed by atoms with E-state index in [2.05, 4.69) is 10.6 Å². The van der Waals surface area contributed by atoms with Gasteiger partial charge >= 0.3 is 5.97 Å². The SMILES string of the molecule is CCOC(=O)c1c(NC(=S)Nc2ccccc2Oc2ccccc2)sc2c1CCCCC2. The molecule has 0 aliphatic heterocycles. The molecular formula is C25H26N2O3S2. The minimum Gasteiger partial charge on any atom is -0.462 e. The van der Waals surface area contributed by atoms with Gasteiger partial charge in [0.15, 0.2) is 10.9 Å². The quantitative estimate of drug-likeness (QED) is 0.237. The van der Waals surface area contributed by atoms with Gasteiger partial charge in [-0.3, -0.25) is 0 Å². The molecule has 1 heterocycles. The molecule has 5 nitrogen and oxygen atoms in total. The Kier molecular flexibility index (Phi) is 7.39. The van der Waals surface area contributed by atoms with Gasteiger partial charge in [-0.05, 0) is 74.7 Å². The molecule has 0 saturated carbocycles. The van der Waals surface area contributed by atoms with E-state index in [0.717, 1.165) is 47.7 Å². The van der Waals surface area contributed by atoms with Crippen molar-refractivity contribution in [3.63, 3.8) is 0 Å². The first kappa shape index (κ1) is 22.3. The van der Waals surface area contributed by atoms with E-state index >= 15 is 0 Å². The molecule has 0 fully saturated rings. The van der Waals surface area contributed by atoms with Crippen molar-refractivity contribution in [2.24, 2.45) is 0 Å². The molecule has 1 aliphatic rings. The maximum Gasteiger partial charge on any atom is 0.341 e. The predicted molar refractivity (Wildman–Crippen MR) is 134 cm³/mol. The lowest BCUT2D eigenvalue weighted by Crippen LogP contribution is -2.20. The van der Waals surface area contributed by atoms with Gasteiger partial charge < -0.3 is 20.1 Å². The molecule has 0 saturated heterocycles. The third-order valence-electron chi connectivity index (χ3n) is 5.23. The molecule has 0 spiro atoms. The van der Waals surface area contributed by atoms with E-state index in [0.29, 0.717) is 23.0 Å². The van der Waals surface area contributed by atoms with Crippen LogP contribution in [0.1, 0.15) is 47.0 Å². The second kappa shape index (κ2) is 10.6. The van der Waals surface area contributed by atoms with E-state index in [1.165, 1.54) is 11.3 Å². The number of carbonyl (C=O) groups excluding carboxylic acids is 1. The fraction of sp³-hybridized carbons (Fsp3) is 0.280. The second-order valence-corrected chi connectivity index (χ2v) is 8.99. The molecule has 2 N–H and O–H groups in total. The Balaban J connectivity index is 1.54. The first-order valence-corrected chi connectivity index (χ1v) is 12.1. The van der Waals surface area contributed by atoms with Gasteiger partial charge in [0.25, 0.3) is 0 Å². The Morgan fingerprint density at radius 2 is 1.75 bits per heavy atom. The summed E-state index contributed by atoms with van der Waals surface area (Å²) >= 11 is 7.20. The van der Waals surface area contributed by atoms with Gasteiger partial charge in [0.05, 0.1) is 17.9 Å². The van der Waals surface area contributed by atoms with Gasteiger partial charge in [-0.1, -0.05) is 36.8 Å². The van der Waals surface area contributed by atoms with Crippen molar-refractivity contribution in [1.82, 2.24) is 0 Å². The predicted octanol–water partition coefficient (Wildman–Crippen LogP) is 6.79. The highest BCUT2D eigenvalue weighted by Crippen LogP contribution is 2.38. The van der Waals surface area contributed by atoms with Crippen molar-refractivity contribution in [2.75, 3.05) is 17.2 Å². The third kappa shape index (κ3) is 5.29. The van der Waals surface area contributed by atoms with Gasteiger partial charge in [-0.2, -0.15) is 0 Å². The van der Waals surface area contributed by atoms with Crippen LogP contribution >= 0.6 is 23.6 Å². The van der Waals surface area contributed by atoms with Crippen LogP contribution in [0.2, 0.25) is 0 Å². The Bertz CT molecular complexity index is 1100. The summed E-state index contributed by atoms with van der Waals surface area (Å²) in [5.74, 6) is 1.12. The van der Waals surface area contributed by atoms with Crippen LogP contribution in [0.3, 0.4) is 0 Å². The summed E-state index contributed by atoms with van der Waals surface area (Å²) in [7, 11) is 0. The molecule has 0 amide bonds. The molecule has 4 rings (SSSR count). The Hall–Kier alpha value is -2.90. The van der Waals surface area contributed by atoms with Gasteiger partial charge in [0, 0.05) is 4.88 Å². The second-order valence-electron chi connectivity index (χ2n) is 7.48. The molecule has 1 aliphatic carbocycles. The minimum atomic E-state index is -0.287. The summed E-state index contributed by atoms with van der Waals surface area (Å²) in [6.07, 6.45) is 5.30. The normalized spacial score (nSPS) is 12.9. The highest BCUT2D eigenvalue weighted by molar-refractivity contribution is 7.80. The fourth-order valence-electron chi connectivity index (χ4n) is 3.78. The van der Waals surface area contributed by atoms with Crippen molar-refractivity contribution in [3.05, 3.63) is 70.6 Å². The number of anilines is 2. The lowest BCUT2D eigenvalue weighted by Gasteiger charge is -2.15. The van der Waals surface area contributed by atoms with Crippen molar-refractivity contribution in [1.29, 1.82) is 0 Å². The van der Waals surface area contributed by atoms with E-state index in [1.807, 2.05) is 61.5 Å². The van der Waals surface area contributed by atoms with E-state index < -0.39 is 0 Å². The van der Waals surface area contributed by atoms with Crippen LogP contribution in [0, 0.1) is 0 Å². The smallest absolute Gasteiger partial charge is 0.341 e. The highest BCUT2D eigenvalue weighted by atomic mass is 32.1. The first-order chi connectivity index (χ1) is 15.7. The van der Waals surface area contributed by atoms with Crippen molar-refractivity contribution in [2.45, 2.75) is 39.0 Å². The highest BCUT2D eigenvalue weighted by Gasteiger charge is 2.26. The fourth-order valence-corrected chi connectivity index (χ4v) is 5.34. The summed E-state index contributed by atoms with van der Waals surface area (Å²) in [6, 6.07) is 17.2. The number of thiocarbonyl (C=S) groups is 1. The van der Waals surface area contributed by atoms with Crippen LogP contribution in [0.25, 0.3) is 0 Å². The van der Waals surface area contributed by atoms with Crippen molar-refractivity contribution < 1.29 is 14.3 Å². The van der Waals surface area contributed by atoms with E-state index in [9.17, 15) is 4.79 Å². The van der Waals surface area contributed by atoms with Crippen LogP contribution in [0.4, 0.5) is 10.7 Å². The number of carbonyl (C=O) groups is 1. The van der Waals surface area contributed by atoms with Gasteiger partial charge in [0.1, 0.15) is 10.8 Å². The number of rotatable bonds is 6. The molecule has 0 radical (unpaired) electrons. The maximum atomic E-state index is 12.8. The molecule has 0 bridgehead atoms. The number of nitrogens with one attached hydrogen (secondary N) is 2. The third-order valence-corrected chi connectivity index (χ3v) is 6.65. The largest absolute Gasteiger partial charge is 0.462 e. The lowest BCUT2D eigenvalue weighted by molar-refractivity contribution is 0.0527. The van der Waals surface area contributed by atoms with E-state index in [-0.39, 0.29) is 5.97 Å². The van der Waals surface area contributed by atoms with Gasteiger partial charge in [0.2, 0.25) is 0 Å². The maximum absolute atomic E-state index is 12.8. The monoisotopic (exact) mass is 466 g/mol. The number of hydrogen-bond donors (Lipinski definition) is 2. The van der Waals surface area contributed by atoms with Crippen LogP contribution in [-0.2, 0) is 17.6 Å². The van der Waals surface area contributed by atoms with E-state index in [1.54, 1.807) is 11.3 Å². The summed E-state index contributed by atoms with van der Waals surface area (Å²) in [5, 5.41) is 7.61. The Morgan fingerprint density at radius 3 is 2.56 bits per heavy atom. The summed E-state index contributed by atoms with van der Waals surface area (Å²) in [5.41, 5.74) is 2.49. The van der Waals surface area contributed by atoms with Gasteiger partial charge in [-0.25, -0.2) is 4.79 Å². The zero-order valence-corrected chi connectivity index (χ0v) is 19.6. The molecule has 3 aromatic rings. The van der Waals surface area contributed by atoms with Crippen molar-refractivity contribution in [3.8, 4) is 11.5 Å². The van der Waals surface area contributed by atoms with Crippen LogP contribution in [0.5, 0.6) is 11.5 Å². The Morgan fingerprint density at radius 1 is 1.00 bits per heavy atom. The summed E-state index contributed by atoms with van der Waals surface area (Å²) < 4.78 is 11.4. The molecule has 1 aromatic heterocycles. The van der Waals surface area contributed by atoms with Gasteiger partial charge in [-0.15, -0.1) is 11.3 Å². The summed E-state index contributed by atoms with van der Waals surface area (Å²) in [6.45, 7) is 2.17. The Labute approximate surface area is 197 Å². The molecule has 0 atom stereocenters. The first-order valence-electron chi connectivity index (χ1n) is 10.9. The number of fused-ring (bicyclic) bond motifs is 1. The molecular weight excluding hydrogens is 440 g/mol. The summed E-state index contributed by atoms with van der Waals surface area (Å²) in [4.78, 5) is 14.0. The van der Waals surface area contributed by atoms with E-state index in [4.69, 9.17) is 21.7 Å². The van der Waals surface area contributed by atoms with Crippen LogP contribution < -0.4 is 15.4 Å². The molecule has 166 valence electrons. The number of hydrogen-bond acceptors (Lipinski definition) is 5. The number of ether oxygens (including phenoxy) is 2. The van der Waals surface area contributed by atoms with Crippen LogP contribution in [0.15, 0.2) is 54.6 Å². The average molecular weight is 467 g/mol. The molecule has 7 heteroatoms. The van der Waals surface area contributed by atoms with Crippen molar-refractivity contribution >= 4 is 45.3 Å². The number of para-hydroxylation sites is 3. The zero-order valence-electron chi connectivity index (χ0n) is 18.0. The standard InChI is InChI=1S/C25H26N2O3S2/c1-2-29-24(28)22-18-13-7-4-8-16-21(18)32-23(22)27-25(31)26-19-14-9-10-15-20(19)30-17-11-5-3-6-12-17/h3,5-6,9-12,14-15H,2,4,7-8,13,16H2,1H3,(H2,26,27,31). The number of aryl methyl sites for hydroxylation is 1. The molecule has 0 unspecified atom stereocenters. The lowest BCUT2D eigenvalue weighted by atomic mass is 10.1. The number of esters is 1. The number of benzene rings is 2. The molecule has 2 aromatic carbocycles. The topological polar surface area (TPSA) is 59.6 Å².